The molecule has 1 aromatic heterocycles. The Bertz CT molecular complexity index is 632. The molecule has 0 saturated heterocycles. The summed E-state index contributed by atoms with van der Waals surface area (Å²) in [4.78, 5) is 12.3. The number of amides is 1. The molecule has 1 aromatic carbocycles. The molecular formula is C17H19N3O. The zero-order valence-corrected chi connectivity index (χ0v) is 12.3. The van der Waals surface area contributed by atoms with E-state index in [1.807, 2.05) is 38.2 Å². The van der Waals surface area contributed by atoms with Crippen LogP contribution in [0.15, 0.2) is 42.7 Å². The van der Waals surface area contributed by atoms with Gasteiger partial charge in [0, 0.05) is 18.0 Å². The molecule has 0 spiro atoms. The Kier molecular flexibility index (Phi) is 4.44. The first kappa shape index (κ1) is 14.9. The van der Waals surface area contributed by atoms with Crippen LogP contribution in [0.4, 0.5) is 0 Å². The third kappa shape index (κ3) is 3.14. The summed E-state index contributed by atoms with van der Waals surface area (Å²) in [6.07, 6.45) is 10.5. The Morgan fingerprint density at radius 1 is 1.33 bits per heavy atom. The minimum Gasteiger partial charge on any atom is -0.336 e. The molecule has 0 atom stereocenters. The van der Waals surface area contributed by atoms with E-state index in [9.17, 15) is 4.79 Å². The maximum Gasteiger partial charge on any atom is 0.252 e. The fraction of sp³-hybridized carbons (Fsp3) is 0.294. The van der Waals surface area contributed by atoms with Gasteiger partial charge in [-0.1, -0.05) is 19.8 Å². The largest absolute Gasteiger partial charge is 0.336 e. The predicted octanol–water partition coefficient (Wildman–Crippen LogP) is 2.79. The van der Waals surface area contributed by atoms with Crippen molar-refractivity contribution in [2.45, 2.75) is 32.2 Å². The number of hydrogen-bond donors (Lipinski definition) is 1. The normalized spacial score (nSPS) is 10.9. The fourth-order valence-electron chi connectivity index (χ4n) is 2.14. The first-order valence-electron chi connectivity index (χ1n) is 7.04. The number of nitrogens with zero attached hydrogens (tertiary/aromatic N) is 2. The topological polar surface area (TPSA) is 46.9 Å². The van der Waals surface area contributed by atoms with Crippen LogP contribution in [-0.4, -0.2) is 21.2 Å². The highest BCUT2D eigenvalue weighted by Gasteiger charge is 2.25. The smallest absolute Gasteiger partial charge is 0.252 e. The highest BCUT2D eigenvalue weighted by molar-refractivity contribution is 5.95. The molecule has 4 nitrogen and oxygen atoms in total. The third-order valence-electron chi connectivity index (χ3n) is 3.73. The van der Waals surface area contributed by atoms with E-state index >= 15 is 0 Å². The van der Waals surface area contributed by atoms with Crippen LogP contribution in [0.1, 0.15) is 37.0 Å². The van der Waals surface area contributed by atoms with Crippen LogP contribution in [0, 0.1) is 12.3 Å². The molecule has 2 rings (SSSR count). The van der Waals surface area contributed by atoms with Crippen molar-refractivity contribution in [3.05, 3.63) is 48.3 Å². The summed E-state index contributed by atoms with van der Waals surface area (Å²) < 4.78 is 1.74. The lowest BCUT2D eigenvalue weighted by Gasteiger charge is -2.27. The lowest BCUT2D eigenvalue weighted by atomic mass is 9.93. The number of benzene rings is 1. The van der Waals surface area contributed by atoms with E-state index in [1.165, 1.54) is 0 Å². The molecule has 108 valence electrons. The van der Waals surface area contributed by atoms with Crippen LogP contribution in [-0.2, 0) is 0 Å². The molecule has 0 bridgehead atoms. The minimum absolute atomic E-state index is 0.149. The molecule has 0 fully saturated rings. The van der Waals surface area contributed by atoms with Gasteiger partial charge in [-0.25, -0.2) is 4.68 Å². The lowest BCUT2D eigenvalue weighted by Crippen LogP contribution is -2.46. The lowest BCUT2D eigenvalue weighted by molar-refractivity contribution is 0.0916. The van der Waals surface area contributed by atoms with E-state index in [2.05, 4.69) is 16.3 Å². The molecule has 0 radical (unpaired) electrons. The molecule has 0 aliphatic carbocycles. The van der Waals surface area contributed by atoms with Crippen molar-refractivity contribution in [3.63, 3.8) is 0 Å². The molecule has 0 saturated carbocycles. The van der Waals surface area contributed by atoms with Crippen LogP contribution >= 0.6 is 0 Å². The van der Waals surface area contributed by atoms with Gasteiger partial charge in [0.15, 0.2) is 0 Å². The zero-order valence-electron chi connectivity index (χ0n) is 12.3. The highest BCUT2D eigenvalue weighted by atomic mass is 16.1. The number of nitrogens with one attached hydrogen (secondary N) is 1. The van der Waals surface area contributed by atoms with Gasteiger partial charge in [-0.2, -0.15) is 5.10 Å². The van der Waals surface area contributed by atoms with Crippen molar-refractivity contribution < 1.29 is 4.79 Å². The van der Waals surface area contributed by atoms with Crippen LogP contribution in [0.3, 0.4) is 0 Å². The predicted molar refractivity (Wildman–Crippen MR) is 83.2 cm³/mol. The van der Waals surface area contributed by atoms with Gasteiger partial charge >= 0.3 is 0 Å². The summed E-state index contributed by atoms with van der Waals surface area (Å²) in [5.74, 6) is 2.55. The molecule has 2 aromatic rings. The quantitative estimate of drug-likeness (QED) is 0.857. The van der Waals surface area contributed by atoms with E-state index in [4.69, 9.17) is 6.42 Å². The molecule has 0 unspecified atom stereocenters. The van der Waals surface area contributed by atoms with E-state index in [1.54, 1.807) is 23.0 Å². The van der Waals surface area contributed by atoms with Gasteiger partial charge in [-0.3, -0.25) is 4.79 Å². The summed E-state index contributed by atoms with van der Waals surface area (Å²) in [7, 11) is 0. The van der Waals surface area contributed by atoms with Crippen molar-refractivity contribution >= 4 is 5.91 Å². The number of rotatable bonds is 5. The van der Waals surface area contributed by atoms with Gasteiger partial charge in [0.05, 0.1) is 5.69 Å². The third-order valence-corrected chi connectivity index (χ3v) is 3.73. The second-order valence-corrected chi connectivity index (χ2v) is 4.89. The Labute approximate surface area is 125 Å². The summed E-state index contributed by atoms with van der Waals surface area (Å²) >= 11 is 0. The molecule has 0 aliphatic heterocycles. The first-order chi connectivity index (χ1) is 10.1. The SMILES string of the molecule is C#CC(CC)(CC)NC(=O)c1ccc(-n2cccn2)cc1. The van der Waals surface area contributed by atoms with Crippen LogP contribution in [0.25, 0.3) is 5.69 Å². The average molecular weight is 281 g/mol. The van der Waals surface area contributed by atoms with E-state index < -0.39 is 5.54 Å². The van der Waals surface area contributed by atoms with Gasteiger partial charge in [-0.15, -0.1) is 6.42 Å². The summed E-state index contributed by atoms with van der Waals surface area (Å²) in [5, 5.41) is 7.10. The zero-order chi connectivity index (χ0) is 15.3. The van der Waals surface area contributed by atoms with Crippen LogP contribution < -0.4 is 5.32 Å². The highest BCUT2D eigenvalue weighted by Crippen LogP contribution is 2.15. The van der Waals surface area contributed by atoms with Gasteiger partial charge in [0.2, 0.25) is 0 Å². The number of carbonyl (C=O) groups is 1. The molecule has 1 amide bonds. The van der Waals surface area contributed by atoms with Crippen LogP contribution in [0.2, 0.25) is 0 Å². The maximum absolute atomic E-state index is 12.3. The number of aromatic nitrogens is 2. The van der Waals surface area contributed by atoms with Gasteiger partial charge < -0.3 is 5.32 Å². The van der Waals surface area contributed by atoms with E-state index in [-0.39, 0.29) is 5.91 Å². The second kappa shape index (κ2) is 6.27. The summed E-state index contributed by atoms with van der Waals surface area (Å²) in [6.45, 7) is 3.95. The van der Waals surface area contributed by atoms with Crippen molar-refractivity contribution in [2.24, 2.45) is 0 Å². The molecule has 1 heterocycles. The van der Waals surface area contributed by atoms with Gasteiger partial charge in [0.1, 0.15) is 5.54 Å². The first-order valence-corrected chi connectivity index (χ1v) is 7.04. The summed E-state index contributed by atoms with van der Waals surface area (Å²) in [6, 6.07) is 9.12. The molecule has 1 N–H and O–H groups in total. The average Bonchev–Trinajstić information content (AvgIpc) is 3.07. The second-order valence-electron chi connectivity index (χ2n) is 4.89. The Balaban J connectivity index is 2.16. The Morgan fingerprint density at radius 2 is 2.00 bits per heavy atom. The van der Waals surface area contributed by atoms with Crippen molar-refractivity contribution in [1.82, 2.24) is 15.1 Å². The molecule has 0 aliphatic rings. The standard InChI is InChI=1S/C17H19N3O/c1-4-17(5-2,6-3)19-16(21)14-8-10-15(11-9-14)20-13-7-12-18-20/h1,7-13H,5-6H2,2-3H3,(H,19,21). The monoisotopic (exact) mass is 281 g/mol. The van der Waals surface area contributed by atoms with Crippen molar-refractivity contribution in [3.8, 4) is 18.0 Å². The van der Waals surface area contributed by atoms with Gasteiger partial charge in [0.25, 0.3) is 5.91 Å². The van der Waals surface area contributed by atoms with Crippen molar-refractivity contribution in [2.75, 3.05) is 0 Å². The van der Waals surface area contributed by atoms with Crippen LogP contribution in [0.5, 0.6) is 0 Å². The maximum atomic E-state index is 12.3. The van der Waals surface area contributed by atoms with E-state index in [0.717, 1.165) is 5.69 Å². The van der Waals surface area contributed by atoms with Gasteiger partial charge in [-0.05, 0) is 43.2 Å². The Morgan fingerprint density at radius 3 is 2.48 bits per heavy atom. The fourth-order valence-corrected chi connectivity index (χ4v) is 2.14. The van der Waals surface area contributed by atoms with Crippen molar-refractivity contribution in [1.29, 1.82) is 0 Å². The Hall–Kier alpha value is -2.54. The number of carbonyl (C=O) groups excluding carboxylic acids is 1. The number of hydrogen-bond acceptors (Lipinski definition) is 2. The van der Waals surface area contributed by atoms with E-state index in [0.29, 0.717) is 18.4 Å². The minimum atomic E-state index is -0.572. The molecule has 4 heteroatoms. The molecule has 21 heavy (non-hydrogen) atoms. The number of terminal acetylenes is 1. The summed E-state index contributed by atoms with van der Waals surface area (Å²) in [5.41, 5.74) is 0.927. The molecular weight excluding hydrogens is 262 g/mol.